The molecule has 0 bridgehead atoms. The van der Waals surface area contributed by atoms with Gasteiger partial charge in [-0.15, -0.1) is 0 Å². The first-order valence-electron chi connectivity index (χ1n) is 10.9. The van der Waals surface area contributed by atoms with Crippen molar-refractivity contribution in [2.24, 2.45) is 10.4 Å². The molecule has 6 heteroatoms. The molecule has 0 atom stereocenters. The van der Waals surface area contributed by atoms with Gasteiger partial charge in [0.25, 0.3) is 0 Å². The van der Waals surface area contributed by atoms with Crippen LogP contribution in [-0.2, 0) is 11.3 Å². The number of hydrogen-bond donors (Lipinski definition) is 2. The number of hydrogen-bond acceptors (Lipinski definition) is 4. The van der Waals surface area contributed by atoms with Crippen molar-refractivity contribution >= 4 is 5.96 Å². The van der Waals surface area contributed by atoms with E-state index in [2.05, 4.69) is 42.6 Å². The molecule has 1 aromatic carbocycles. The van der Waals surface area contributed by atoms with Crippen molar-refractivity contribution in [3.63, 3.8) is 0 Å². The summed E-state index contributed by atoms with van der Waals surface area (Å²) in [6, 6.07) is 8.18. The predicted molar refractivity (Wildman–Crippen MR) is 121 cm³/mol. The van der Waals surface area contributed by atoms with Gasteiger partial charge in [0.05, 0.1) is 6.54 Å². The highest BCUT2D eigenvalue weighted by Gasteiger charge is 2.33. The van der Waals surface area contributed by atoms with Gasteiger partial charge in [-0.25, -0.2) is 4.99 Å². The zero-order chi connectivity index (χ0) is 21.0. The van der Waals surface area contributed by atoms with Crippen LogP contribution in [-0.4, -0.2) is 64.9 Å². The molecule has 0 aliphatic heterocycles. The molecular formula is C23H40N4O2. The van der Waals surface area contributed by atoms with Gasteiger partial charge in [0.15, 0.2) is 5.96 Å². The standard InChI is InChI=1S/C23H40N4O2/c1-5-24-22(26-19-23(14-16-28-4)12-8-9-13-23)25-18-20-10-6-7-11-21(20)29-17-15-27(2)3/h6-7,10-11H,5,8-9,12-19H2,1-4H3,(H2,24,25,26). The highest BCUT2D eigenvalue weighted by molar-refractivity contribution is 5.79. The van der Waals surface area contributed by atoms with E-state index in [0.29, 0.717) is 18.6 Å². The van der Waals surface area contributed by atoms with Crippen LogP contribution >= 0.6 is 0 Å². The average molecular weight is 405 g/mol. The average Bonchev–Trinajstić information content (AvgIpc) is 3.18. The van der Waals surface area contributed by atoms with Crippen molar-refractivity contribution in [1.29, 1.82) is 0 Å². The lowest BCUT2D eigenvalue weighted by atomic mass is 9.83. The van der Waals surface area contributed by atoms with Gasteiger partial charge in [0.2, 0.25) is 0 Å². The minimum absolute atomic E-state index is 0.333. The minimum Gasteiger partial charge on any atom is -0.492 e. The van der Waals surface area contributed by atoms with Crippen LogP contribution in [0.3, 0.4) is 0 Å². The van der Waals surface area contributed by atoms with Crippen LogP contribution in [0.5, 0.6) is 5.75 Å². The first-order chi connectivity index (χ1) is 14.1. The van der Waals surface area contributed by atoms with Gasteiger partial charge in [-0.1, -0.05) is 31.0 Å². The Bertz CT molecular complexity index is 613. The second-order valence-electron chi connectivity index (χ2n) is 8.26. The van der Waals surface area contributed by atoms with Gasteiger partial charge in [-0.05, 0) is 51.8 Å². The highest BCUT2D eigenvalue weighted by Crippen LogP contribution is 2.40. The number of nitrogens with zero attached hydrogens (tertiary/aromatic N) is 2. The van der Waals surface area contributed by atoms with Crippen LogP contribution in [0.4, 0.5) is 0 Å². The Morgan fingerprint density at radius 1 is 1.14 bits per heavy atom. The second kappa shape index (κ2) is 12.7. The maximum absolute atomic E-state index is 5.98. The topological polar surface area (TPSA) is 58.1 Å². The van der Waals surface area contributed by atoms with Crippen LogP contribution < -0.4 is 15.4 Å². The number of benzene rings is 1. The number of ether oxygens (including phenoxy) is 2. The van der Waals surface area contributed by atoms with Crippen molar-refractivity contribution in [3.8, 4) is 5.75 Å². The Kier molecular flexibility index (Phi) is 10.3. The molecule has 0 heterocycles. The molecule has 0 radical (unpaired) electrons. The number of rotatable bonds is 12. The van der Waals surface area contributed by atoms with E-state index in [1.165, 1.54) is 25.7 Å². The fourth-order valence-corrected chi connectivity index (χ4v) is 3.85. The Morgan fingerprint density at radius 2 is 1.90 bits per heavy atom. The fourth-order valence-electron chi connectivity index (χ4n) is 3.85. The van der Waals surface area contributed by atoms with Gasteiger partial charge in [-0.2, -0.15) is 0 Å². The number of aliphatic imine (C=N–C) groups is 1. The predicted octanol–water partition coefficient (Wildman–Crippen LogP) is 3.28. The van der Waals surface area contributed by atoms with Gasteiger partial charge in [0.1, 0.15) is 12.4 Å². The van der Waals surface area contributed by atoms with Crippen LogP contribution in [0.25, 0.3) is 0 Å². The second-order valence-corrected chi connectivity index (χ2v) is 8.26. The summed E-state index contributed by atoms with van der Waals surface area (Å²) in [5.74, 6) is 1.79. The van der Waals surface area contributed by atoms with Gasteiger partial charge in [0, 0.05) is 38.9 Å². The van der Waals surface area contributed by atoms with E-state index in [-0.39, 0.29) is 0 Å². The van der Waals surface area contributed by atoms with Crippen LogP contribution in [0.1, 0.15) is 44.6 Å². The van der Waals surface area contributed by atoms with E-state index >= 15 is 0 Å². The molecule has 0 spiro atoms. The lowest BCUT2D eigenvalue weighted by Crippen LogP contribution is -2.43. The third kappa shape index (κ3) is 8.23. The van der Waals surface area contributed by atoms with E-state index in [1.807, 2.05) is 18.2 Å². The van der Waals surface area contributed by atoms with E-state index in [9.17, 15) is 0 Å². The molecule has 1 aromatic rings. The van der Waals surface area contributed by atoms with Gasteiger partial charge < -0.3 is 25.0 Å². The number of nitrogens with one attached hydrogen (secondary N) is 2. The van der Waals surface area contributed by atoms with Gasteiger partial charge in [-0.3, -0.25) is 0 Å². The summed E-state index contributed by atoms with van der Waals surface area (Å²) in [5.41, 5.74) is 1.44. The van der Waals surface area contributed by atoms with E-state index in [0.717, 1.165) is 49.9 Å². The Morgan fingerprint density at radius 3 is 2.59 bits per heavy atom. The molecule has 1 aliphatic rings. The summed E-state index contributed by atoms with van der Waals surface area (Å²) in [4.78, 5) is 6.95. The summed E-state index contributed by atoms with van der Waals surface area (Å²) in [7, 11) is 5.90. The zero-order valence-electron chi connectivity index (χ0n) is 18.8. The third-order valence-corrected chi connectivity index (χ3v) is 5.65. The monoisotopic (exact) mass is 404 g/mol. The fraction of sp³-hybridized carbons (Fsp3) is 0.696. The molecule has 0 unspecified atom stereocenters. The van der Waals surface area contributed by atoms with Crippen LogP contribution in [0, 0.1) is 5.41 Å². The largest absolute Gasteiger partial charge is 0.492 e. The lowest BCUT2D eigenvalue weighted by molar-refractivity contribution is 0.138. The van der Waals surface area contributed by atoms with Crippen molar-refractivity contribution < 1.29 is 9.47 Å². The van der Waals surface area contributed by atoms with E-state index < -0.39 is 0 Å². The molecule has 29 heavy (non-hydrogen) atoms. The lowest BCUT2D eigenvalue weighted by Gasteiger charge is -2.30. The quantitative estimate of drug-likeness (QED) is 0.414. The third-order valence-electron chi connectivity index (χ3n) is 5.65. The molecule has 2 N–H and O–H groups in total. The number of likely N-dealkylation sites (N-methyl/N-ethyl adjacent to an activating group) is 1. The Balaban J connectivity index is 1.98. The van der Waals surface area contributed by atoms with E-state index in [4.69, 9.17) is 14.5 Å². The van der Waals surface area contributed by atoms with Crippen molar-refractivity contribution in [2.75, 3.05) is 54.1 Å². The molecule has 0 aromatic heterocycles. The van der Waals surface area contributed by atoms with Crippen LogP contribution in [0.15, 0.2) is 29.3 Å². The SMILES string of the molecule is CCNC(=NCc1ccccc1OCCN(C)C)NCC1(CCOC)CCCC1. The molecular weight excluding hydrogens is 364 g/mol. The van der Waals surface area contributed by atoms with E-state index in [1.54, 1.807) is 7.11 Å². The summed E-state index contributed by atoms with van der Waals surface area (Å²) in [5, 5.41) is 6.98. The summed E-state index contributed by atoms with van der Waals surface area (Å²) in [6.45, 7) is 6.89. The molecule has 2 rings (SSSR count). The molecule has 1 aliphatic carbocycles. The molecule has 0 saturated heterocycles. The molecule has 164 valence electrons. The molecule has 0 amide bonds. The summed E-state index contributed by atoms with van der Waals surface area (Å²) >= 11 is 0. The maximum Gasteiger partial charge on any atom is 0.191 e. The number of guanidine groups is 1. The van der Waals surface area contributed by atoms with Crippen molar-refractivity contribution in [1.82, 2.24) is 15.5 Å². The summed E-state index contributed by atoms with van der Waals surface area (Å²) < 4.78 is 11.3. The Hall–Kier alpha value is -1.79. The first-order valence-corrected chi connectivity index (χ1v) is 10.9. The molecule has 1 fully saturated rings. The molecule has 6 nitrogen and oxygen atoms in total. The van der Waals surface area contributed by atoms with Crippen LogP contribution in [0.2, 0.25) is 0 Å². The zero-order valence-corrected chi connectivity index (χ0v) is 18.8. The first kappa shape index (κ1) is 23.5. The van der Waals surface area contributed by atoms with Crippen molar-refractivity contribution in [2.45, 2.75) is 45.6 Å². The smallest absolute Gasteiger partial charge is 0.191 e. The maximum atomic E-state index is 5.98. The number of methoxy groups -OCH3 is 1. The summed E-state index contributed by atoms with van der Waals surface area (Å²) in [6.07, 6.45) is 6.28. The number of para-hydroxylation sites is 1. The minimum atomic E-state index is 0.333. The van der Waals surface area contributed by atoms with Crippen molar-refractivity contribution in [3.05, 3.63) is 29.8 Å². The highest BCUT2D eigenvalue weighted by atomic mass is 16.5. The normalized spacial score (nSPS) is 16.2. The molecule has 1 saturated carbocycles. The van der Waals surface area contributed by atoms with Gasteiger partial charge >= 0.3 is 0 Å². The Labute approximate surface area is 177 Å².